The number of nitrogens with zero attached hydrogens (tertiary/aromatic N) is 2. The average molecular weight is 308 g/mol. The number of halogens is 2. The molecule has 3 rings (SSSR count). The molecular weight excluding hydrogens is 290 g/mol. The minimum absolute atomic E-state index is 0.0319. The van der Waals surface area contributed by atoms with Crippen molar-refractivity contribution in [3.05, 3.63) is 29.3 Å². The first-order chi connectivity index (χ1) is 10.6. The third-order valence-corrected chi connectivity index (χ3v) is 4.59. The molecule has 2 aliphatic rings. The maximum Gasteiger partial charge on any atom is 0.150 e. The van der Waals surface area contributed by atoms with Crippen LogP contribution in [0.2, 0.25) is 0 Å². The molecule has 3 atom stereocenters. The molecule has 3 unspecified atom stereocenters. The Morgan fingerprint density at radius 1 is 1.27 bits per heavy atom. The molecule has 2 aliphatic heterocycles. The zero-order valence-corrected chi connectivity index (χ0v) is 12.1. The first kappa shape index (κ1) is 15.2. The molecule has 1 aromatic rings. The minimum Gasteiger partial charge on any atom is -0.393 e. The fraction of sp³-hybridized carbons (Fsp3) is 0.562. The Bertz CT molecular complexity index is 579. The van der Waals surface area contributed by atoms with E-state index in [1.165, 1.54) is 0 Å². The quantitative estimate of drug-likeness (QED) is 0.910. The molecule has 0 aliphatic carbocycles. The Labute approximate surface area is 127 Å². The zero-order chi connectivity index (χ0) is 15.7. The van der Waals surface area contributed by atoms with E-state index in [1.807, 2.05) is 0 Å². The summed E-state index contributed by atoms with van der Waals surface area (Å²) in [7, 11) is 0. The van der Waals surface area contributed by atoms with E-state index in [2.05, 4.69) is 0 Å². The summed E-state index contributed by atoms with van der Waals surface area (Å²) in [5, 5.41) is 19.0. The summed E-state index contributed by atoms with van der Waals surface area (Å²) < 4.78 is 34.0. The van der Waals surface area contributed by atoms with E-state index in [-0.39, 0.29) is 23.2 Å². The van der Waals surface area contributed by atoms with Crippen molar-refractivity contribution >= 4 is 5.69 Å². The molecule has 1 N–H and O–H groups in total. The van der Waals surface area contributed by atoms with Gasteiger partial charge in [0, 0.05) is 25.1 Å². The second-order valence-electron chi connectivity index (χ2n) is 5.90. The Morgan fingerprint density at radius 3 is 2.64 bits per heavy atom. The van der Waals surface area contributed by atoms with E-state index in [0.29, 0.717) is 26.2 Å². The highest BCUT2D eigenvalue weighted by molar-refractivity contribution is 5.54. The normalized spacial score (nSPS) is 28.6. The topological polar surface area (TPSA) is 56.5 Å². The van der Waals surface area contributed by atoms with E-state index in [4.69, 9.17) is 10.00 Å². The Morgan fingerprint density at radius 2 is 2.00 bits per heavy atom. The van der Waals surface area contributed by atoms with Gasteiger partial charge in [0.05, 0.1) is 24.3 Å². The van der Waals surface area contributed by atoms with Crippen LogP contribution in [-0.2, 0) is 4.74 Å². The van der Waals surface area contributed by atoms with Crippen molar-refractivity contribution in [1.29, 1.82) is 5.26 Å². The van der Waals surface area contributed by atoms with Crippen molar-refractivity contribution in [2.24, 2.45) is 5.92 Å². The van der Waals surface area contributed by atoms with Crippen molar-refractivity contribution in [2.75, 3.05) is 24.7 Å². The van der Waals surface area contributed by atoms with Gasteiger partial charge in [0.1, 0.15) is 5.69 Å². The van der Waals surface area contributed by atoms with Crippen LogP contribution in [-0.4, -0.2) is 37.0 Å². The Balaban J connectivity index is 1.92. The molecular formula is C16H18F2N2O2. The molecule has 6 heteroatoms. The minimum atomic E-state index is -0.727. The van der Waals surface area contributed by atoms with Gasteiger partial charge in [-0.15, -0.1) is 0 Å². The van der Waals surface area contributed by atoms with E-state index in [0.717, 1.165) is 25.0 Å². The van der Waals surface area contributed by atoms with Crippen LogP contribution in [0.25, 0.3) is 0 Å². The molecule has 0 spiro atoms. The zero-order valence-electron chi connectivity index (χ0n) is 12.1. The van der Waals surface area contributed by atoms with E-state index in [9.17, 15) is 13.9 Å². The third kappa shape index (κ3) is 2.67. The van der Waals surface area contributed by atoms with E-state index < -0.39 is 17.7 Å². The number of aliphatic hydroxyl groups excluding tert-OH is 1. The Hall–Kier alpha value is -1.71. The molecule has 4 nitrogen and oxygen atoms in total. The molecule has 0 radical (unpaired) electrons. The molecule has 118 valence electrons. The van der Waals surface area contributed by atoms with E-state index >= 15 is 0 Å². The standard InChI is InChI=1S/C16H18F2N2O2/c17-12-6-10(8-19)7-13(18)16(12)20-4-1-2-14(20)11-9-22-5-3-15(11)21/h6-7,11,14-15,21H,1-5,9H2. The van der Waals surface area contributed by atoms with Gasteiger partial charge < -0.3 is 14.7 Å². The second-order valence-corrected chi connectivity index (χ2v) is 5.90. The van der Waals surface area contributed by atoms with E-state index in [1.54, 1.807) is 11.0 Å². The molecule has 1 aromatic carbocycles. The number of hydrogen-bond donors (Lipinski definition) is 1. The number of anilines is 1. The number of hydrogen-bond acceptors (Lipinski definition) is 4. The summed E-state index contributed by atoms with van der Waals surface area (Å²) in [6.07, 6.45) is 1.62. The summed E-state index contributed by atoms with van der Waals surface area (Å²) >= 11 is 0. The van der Waals surface area contributed by atoms with Gasteiger partial charge in [-0.1, -0.05) is 0 Å². The van der Waals surface area contributed by atoms with Crippen LogP contribution in [0.1, 0.15) is 24.8 Å². The maximum absolute atomic E-state index is 14.3. The van der Waals surface area contributed by atoms with Crippen molar-refractivity contribution in [2.45, 2.75) is 31.4 Å². The predicted molar refractivity (Wildman–Crippen MR) is 76.4 cm³/mol. The van der Waals surface area contributed by atoms with Gasteiger partial charge in [0.25, 0.3) is 0 Å². The van der Waals surface area contributed by atoms with Crippen molar-refractivity contribution in [3.8, 4) is 6.07 Å². The average Bonchev–Trinajstić information content (AvgIpc) is 2.96. The van der Waals surface area contributed by atoms with Gasteiger partial charge in [-0.05, 0) is 31.4 Å². The third-order valence-electron chi connectivity index (χ3n) is 4.59. The largest absolute Gasteiger partial charge is 0.393 e. The van der Waals surface area contributed by atoms with Gasteiger partial charge in [-0.2, -0.15) is 5.26 Å². The first-order valence-electron chi connectivity index (χ1n) is 7.53. The van der Waals surface area contributed by atoms with Crippen LogP contribution in [0.15, 0.2) is 12.1 Å². The van der Waals surface area contributed by atoms with Crippen LogP contribution >= 0.6 is 0 Å². The molecule has 0 bridgehead atoms. The van der Waals surface area contributed by atoms with Gasteiger partial charge in [0.2, 0.25) is 0 Å². The summed E-state index contributed by atoms with van der Waals surface area (Å²) in [5.74, 6) is -1.60. The molecule has 22 heavy (non-hydrogen) atoms. The van der Waals surface area contributed by atoms with Crippen molar-refractivity contribution < 1.29 is 18.6 Å². The van der Waals surface area contributed by atoms with Gasteiger partial charge in [-0.3, -0.25) is 0 Å². The number of ether oxygens (including phenoxy) is 1. The lowest BCUT2D eigenvalue weighted by atomic mass is 9.89. The number of aliphatic hydroxyl groups is 1. The van der Waals surface area contributed by atoms with Crippen LogP contribution in [0.5, 0.6) is 0 Å². The summed E-state index contributed by atoms with van der Waals surface area (Å²) in [5.41, 5.74) is -0.130. The summed E-state index contributed by atoms with van der Waals surface area (Å²) in [6, 6.07) is 3.72. The molecule has 0 amide bonds. The lowest BCUT2D eigenvalue weighted by molar-refractivity contribution is -0.0438. The summed E-state index contributed by atoms with van der Waals surface area (Å²) in [6.45, 7) is 1.46. The molecule has 0 aromatic heterocycles. The highest BCUT2D eigenvalue weighted by Gasteiger charge is 2.39. The monoisotopic (exact) mass is 308 g/mol. The van der Waals surface area contributed by atoms with Gasteiger partial charge in [0.15, 0.2) is 11.6 Å². The number of rotatable bonds is 2. The first-order valence-corrected chi connectivity index (χ1v) is 7.53. The lowest BCUT2D eigenvalue weighted by Gasteiger charge is -2.38. The maximum atomic E-state index is 14.3. The lowest BCUT2D eigenvalue weighted by Crippen LogP contribution is -2.46. The fourth-order valence-corrected chi connectivity index (χ4v) is 3.54. The van der Waals surface area contributed by atoms with Crippen LogP contribution in [0.4, 0.5) is 14.5 Å². The Kier molecular flexibility index (Phi) is 4.27. The van der Waals surface area contributed by atoms with Gasteiger partial charge in [-0.25, -0.2) is 8.78 Å². The summed E-state index contributed by atoms with van der Waals surface area (Å²) in [4.78, 5) is 1.69. The van der Waals surface area contributed by atoms with Gasteiger partial charge >= 0.3 is 0 Å². The van der Waals surface area contributed by atoms with Crippen LogP contribution in [0.3, 0.4) is 0 Å². The van der Waals surface area contributed by atoms with Crippen LogP contribution < -0.4 is 4.90 Å². The molecule has 2 heterocycles. The van der Waals surface area contributed by atoms with Crippen molar-refractivity contribution in [3.63, 3.8) is 0 Å². The molecule has 2 fully saturated rings. The number of nitriles is 1. The van der Waals surface area contributed by atoms with Crippen molar-refractivity contribution in [1.82, 2.24) is 0 Å². The predicted octanol–water partition coefficient (Wildman–Crippen LogP) is 2.20. The fourth-order valence-electron chi connectivity index (χ4n) is 3.54. The molecule has 0 saturated carbocycles. The number of benzene rings is 1. The second kappa shape index (κ2) is 6.19. The smallest absolute Gasteiger partial charge is 0.150 e. The highest BCUT2D eigenvalue weighted by Crippen LogP contribution is 2.36. The molecule has 2 saturated heterocycles. The van der Waals surface area contributed by atoms with Crippen LogP contribution in [0, 0.1) is 28.9 Å². The highest BCUT2D eigenvalue weighted by atomic mass is 19.1. The SMILES string of the molecule is N#Cc1cc(F)c(N2CCCC2C2COCCC2O)c(F)c1.